The van der Waals surface area contributed by atoms with Crippen molar-refractivity contribution >= 4 is 17.5 Å². The number of aliphatic imine (C=N–C) groups is 1. The summed E-state index contributed by atoms with van der Waals surface area (Å²) in [6, 6.07) is 17.4. The van der Waals surface area contributed by atoms with E-state index < -0.39 is 0 Å². The summed E-state index contributed by atoms with van der Waals surface area (Å²) in [5, 5.41) is 6.95. The molecular weight excluding hydrogens is 362 g/mol. The quantitative estimate of drug-likeness (QED) is 0.641. The first kappa shape index (κ1) is 17.8. The Bertz CT molecular complexity index is 1070. The Labute approximate surface area is 170 Å². The van der Waals surface area contributed by atoms with Gasteiger partial charge in [-0.25, -0.2) is 0 Å². The van der Waals surface area contributed by atoms with Gasteiger partial charge < -0.3 is 21.3 Å². The number of fused-ring (bicyclic) bond motifs is 2. The normalized spacial score (nSPS) is 20.8. The van der Waals surface area contributed by atoms with Gasteiger partial charge in [0.15, 0.2) is 11.8 Å². The number of benzene rings is 2. The summed E-state index contributed by atoms with van der Waals surface area (Å²) in [5.74, 6) is 1.09. The molecule has 0 spiro atoms. The lowest BCUT2D eigenvalue weighted by molar-refractivity contribution is 0.229. The van der Waals surface area contributed by atoms with E-state index in [0.29, 0.717) is 11.8 Å². The molecule has 0 fully saturated rings. The van der Waals surface area contributed by atoms with Gasteiger partial charge >= 0.3 is 0 Å². The predicted octanol–water partition coefficient (Wildman–Crippen LogP) is 2.57. The minimum Gasteiger partial charge on any atom is -0.369 e. The first-order valence-electron chi connectivity index (χ1n) is 9.90. The van der Waals surface area contributed by atoms with Gasteiger partial charge in [-0.3, -0.25) is 5.10 Å². The van der Waals surface area contributed by atoms with Crippen molar-refractivity contribution in [3.63, 3.8) is 0 Å². The van der Waals surface area contributed by atoms with E-state index in [2.05, 4.69) is 75.5 Å². The highest BCUT2D eigenvalue weighted by Gasteiger charge is 2.36. The number of aromatic nitrogens is 2. The Kier molecular flexibility index (Phi) is 4.24. The third kappa shape index (κ3) is 3.13. The first-order valence-corrected chi connectivity index (χ1v) is 9.90. The van der Waals surface area contributed by atoms with Crippen LogP contribution in [0, 0.1) is 6.92 Å². The van der Waals surface area contributed by atoms with E-state index in [1.165, 1.54) is 22.4 Å². The molecule has 2 aromatic carbocycles. The van der Waals surface area contributed by atoms with Crippen LogP contribution in [0.25, 0.3) is 0 Å². The van der Waals surface area contributed by atoms with E-state index >= 15 is 0 Å². The zero-order valence-corrected chi connectivity index (χ0v) is 16.4. The van der Waals surface area contributed by atoms with Crippen LogP contribution < -0.4 is 16.4 Å². The summed E-state index contributed by atoms with van der Waals surface area (Å²) in [6.07, 6.45) is 2.25. The molecule has 29 heavy (non-hydrogen) atoms. The highest BCUT2D eigenvalue weighted by molar-refractivity contribution is 5.84. The lowest BCUT2D eigenvalue weighted by atomic mass is 9.95. The Morgan fingerprint density at radius 2 is 2.03 bits per heavy atom. The van der Waals surface area contributed by atoms with Crippen LogP contribution >= 0.6 is 0 Å². The van der Waals surface area contributed by atoms with Crippen molar-refractivity contribution in [2.24, 2.45) is 16.5 Å². The highest BCUT2D eigenvalue weighted by atomic mass is 15.4. The predicted molar refractivity (Wildman–Crippen MR) is 115 cm³/mol. The minimum absolute atomic E-state index is 0.122. The van der Waals surface area contributed by atoms with Crippen LogP contribution in [-0.2, 0) is 13.0 Å². The summed E-state index contributed by atoms with van der Waals surface area (Å²) in [4.78, 5) is 8.95. The number of aromatic amines is 1. The van der Waals surface area contributed by atoms with E-state index in [1.807, 2.05) is 4.90 Å². The maximum Gasteiger partial charge on any atom is 0.199 e. The Morgan fingerprint density at radius 1 is 1.17 bits per heavy atom. The van der Waals surface area contributed by atoms with Crippen LogP contribution in [0.2, 0.25) is 0 Å². The van der Waals surface area contributed by atoms with Gasteiger partial charge in [0.25, 0.3) is 0 Å². The number of nitrogens with zero attached hydrogens (tertiary/aromatic N) is 4. The van der Waals surface area contributed by atoms with Gasteiger partial charge in [-0.2, -0.15) is 10.1 Å². The molecule has 0 radical (unpaired) electrons. The number of nitrogens with two attached hydrogens (primary N) is 2. The fourth-order valence-electron chi connectivity index (χ4n) is 4.50. The topological polar surface area (TPSA) is 99.6 Å². The van der Waals surface area contributed by atoms with E-state index in [1.54, 1.807) is 6.20 Å². The van der Waals surface area contributed by atoms with Crippen molar-refractivity contribution in [3.8, 4) is 0 Å². The number of hydrogen-bond donors (Lipinski definition) is 3. The molecular formula is C22H25N7. The molecule has 3 aromatic rings. The number of nitrogens with one attached hydrogen (secondary N) is 1. The molecule has 2 unspecified atom stereocenters. The van der Waals surface area contributed by atoms with Crippen molar-refractivity contribution in [2.45, 2.75) is 32.1 Å². The standard InChI is InChI=1S/C22H25N7/c1-14-5-4-6-15(9-14)12-28-13-17(10-16-7-2-3-8-19(16)28)29-20(23)18-11-25-27-21(18)26-22(29)24/h2-9,11,17,20H,10,12-13,23H2,1H3,(H3,24,25,26,27). The molecule has 0 saturated carbocycles. The largest absolute Gasteiger partial charge is 0.369 e. The van der Waals surface area contributed by atoms with E-state index in [9.17, 15) is 0 Å². The molecule has 2 aliphatic rings. The fraction of sp³-hybridized carbons (Fsp3) is 0.273. The molecule has 2 atom stereocenters. The van der Waals surface area contributed by atoms with E-state index in [0.717, 1.165) is 25.1 Å². The summed E-state index contributed by atoms with van der Waals surface area (Å²) in [6.45, 7) is 3.79. The van der Waals surface area contributed by atoms with Crippen molar-refractivity contribution in [1.82, 2.24) is 15.1 Å². The Morgan fingerprint density at radius 3 is 2.90 bits per heavy atom. The molecule has 7 heteroatoms. The van der Waals surface area contributed by atoms with Gasteiger partial charge in [-0.05, 0) is 30.5 Å². The SMILES string of the molecule is Cc1cccc(CN2CC(N3C(N)=Nc4[nH]ncc4C3N)Cc3ccccc32)c1. The molecule has 0 saturated heterocycles. The lowest BCUT2D eigenvalue weighted by Crippen LogP contribution is -2.56. The number of H-pyrrole nitrogens is 1. The summed E-state index contributed by atoms with van der Waals surface area (Å²) < 4.78 is 0. The van der Waals surface area contributed by atoms with Gasteiger partial charge in [-0.15, -0.1) is 0 Å². The van der Waals surface area contributed by atoms with Crippen LogP contribution in [0.3, 0.4) is 0 Å². The number of aryl methyl sites for hydroxylation is 1. The zero-order chi connectivity index (χ0) is 20.0. The van der Waals surface area contributed by atoms with Gasteiger partial charge in [-0.1, -0.05) is 48.0 Å². The summed E-state index contributed by atoms with van der Waals surface area (Å²) >= 11 is 0. The van der Waals surface area contributed by atoms with Crippen LogP contribution in [0.5, 0.6) is 0 Å². The number of rotatable bonds is 3. The number of guanidine groups is 1. The van der Waals surface area contributed by atoms with Crippen molar-refractivity contribution in [1.29, 1.82) is 0 Å². The molecule has 148 valence electrons. The number of anilines is 1. The third-order valence-corrected chi connectivity index (χ3v) is 5.83. The third-order valence-electron chi connectivity index (χ3n) is 5.83. The van der Waals surface area contributed by atoms with E-state index in [-0.39, 0.29) is 12.2 Å². The van der Waals surface area contributed by atoms with E-state index in [4.69, 9.17) is 11.5 Å². The molecule has 7 nitrogen and oxygen atoms in total. The number of para-hydroxylation sites is 1. The van der Waals surface area contributed by atoms with Crippen LogP contribution in [0.1, 0.15) is 28.4 Å². The second-order valence-electron chi connectivity index (χ2n) is 7.85. The van der Waals surface area contributed by atoms with Gasteiger partial charge in [0.05, 0.1) is 17.8 Å². The zero-order valence-electron chi connectivity index (χ0n) is 16.4. The number of hydrogen-bond acceptors (Lipinski definition) is 6. The molecule has 2 aliphatic heterocycles. The minimum atomic E-state index is -0.364. The second kappa shape index (κ2) is 6.93. The molecule has 5 rings (SSSR count). The smallest absolute Gasteiger partial charge is 0.199 e. The summed E-state index contributed by atoms with van der Waals surface area (Å²) in [7, 11) is 0. The van der Waals surface area contributed by atoms with Crippen LogP contribution in [0.4, 0.5) is 11.5 Å². The molecule has 0 amide bonds. The molecule has 0 bridgehead atoms. The highest BCUT2D eigenvalue weighted by Crippen LogP contribution is 2.35. The van der Waals surface area contributed by atoms with Crippen molar-refractivity contribution < 1.29 is 0 Å². The van der Waals surface area contributed by atoms with Crippen LogP contribution in [-0.4, -0.2) is 33.6 Å². The fourth-order valence-corrected chi connectivity index (χ4v) is 4.50. The van der Waals surface area contributed by atoms with Crippen molar-refractivity contribution in [2.75, 3.05) is 11.4 Å². The average molecular weight is 387 g/mol. The summed E-state index contributed by atoms with van der Waals surface area (Å²) in [5.41, 5.74) is 18.9. The van der Waals surface area contributed by atoms with Gasteiger partial charge in [0.2, 0.25) is 0 Å². The van der Waals surface area contributed by atoms with Gasteiger partial charge in [0.1, 0.15) is 6.17 Å². The van der Waals surface area contributed by atoms with Gasteiger partial charge in [0, 0.05) is 18.8 Å². The maximum atomic E-state index is 6.58. The first-order chi connectivity index (χ1) is 14.1. The van der Waals surface area contributed by atoms with Crippen molar-refractivity contribution in [3.05, 3.63) is 77.0 Å². The molecule has 1 aromatic heterocycles. The monoisotopic (exact) mass is 387 g/mol. The molecule has 0 aliphatic carbocycles. The Balaban J connectivity index is 1.48. The molecule has 5 N–H and O–H groups in total. The lowest BCUT2D eigenvalue weighted by Gasteiger charge is -2.44. The molecule has 3 heterocycles. The second-order valence-corrected chi connectivity index (χ2v) is 7.85. The Hall–Kier alpha value is -3.32. The average Bonchev–Trinajstić information content (AvgIpc) is 3.17. The maximum absolute atomic E-state index is 6.58. The van der Waals surface area contributed by atoms with Crippen LogP contribution in [0.15, 0.2) is 59.7 Å².